The first-order valence-electron chi connectivity index (χ1n) is 5.83. The Labute approximate surface area is 104 Å². The van der Waals surface area contributed by atoms with Crippen LogP contribution in [0.1, 0.15) is 37.2 Å². The Hall–Kier alpha value is -0.830. The van der Waals surface area contributed by atoms with Crippen LogP contribution in [0.2, 0.25) is 0 Å². The first kappa shape index (κ1) is 10.3. The van der Waals surface area contributed by atoms with Gasteiger partial charge >= 0.3 is 0 Å². The highest BCUT2D eigenvalue weighted by Gasteiger charge is 2.34. The van der Waals surface area contributed by atoms with E-state index in [0.717, 1.165) is 16.1 Å². The van der Waals surface area contributed by atoms with Crippen molar-refractivity contribution in [1.82, 2.24) is 0 Å². The van der Waals surface area contributed by atoms with E-state index < -0.39 is 0 Å². The molecule has 1 aliphatic heterocycles. The van der Waals surface area contributed by atoms with Crippen molar-refractivity contribution in [1.29, 1.82) is 0 Å². The van der Waals surface area contributed by atoms with Crippen LogP contribution in [-0.2, 0) is 4.79 Å². The molecule has 1 saturated carbocycles. The Kier molecular flexibility index (Phi) is 2.51. The number of hydrogen-bond acceptors (Lipinski definition) is 1. The van der Waals surface area contributed by atoms with E-state index in [4.69, 9.17) is 0 Å². The summed E-state index contributed by atoms with van der Waals surface area (Å²) in [7, 11) is 0. The van der Waals surface area contributed by atoms with Gasteiger partial charge in [0.05, 0.1) is 0 Å². The maximum atomic E-state index is 11.7. The maximum absolute atomic E-state index is 11.7. The lowest BCUT2D eigenvalue weighted by Crippen LogP contribution is -2.30. The van der Waals surface area contributed by atoms with Gasteiger partial charge in [0.2, 0.25) is 5.91 Å². The van der Waals surface area contributed by atoms with Gasteiger partial charge in [-0.05, 0) is 42.4 Å². The molecule has 1 amide bonds. The number of amides is 1. The molecular formula is C13H14BrNO. The monoisotopic (exact) mass is 279 g/mol. The van der Waals surface area contributed by atoms with Crippen molar-refractivity contribution >= 4 is 27.5 Å². The summed E-state index contributed by atoms with van der Waals surface area (Å²) in [5, 5.41) is 2.96. The lowest BCUT2D eigenvalue weighted by molar-refractivity contribution is -0.117. The summed E-state index contributed by atoms with van der Waals surface area (Å²) in [4.78, 5) is 11.7. The van der Waals surface area contributed by atoms with Gasteiger partial charge in [-0.3, -0.25) is 4.79 Å². The van der Waals surface area contributed by atoms with Crippen LogP contribution in [0.4, 0.5) is 5.69 Å². The minimum absolute atomic E-state index is 0.169. The normalized spacial score (nSPS) is 24.6. The van der Waals surface area contributed by atoms with Gasteiger partial charge in [0.1, 0.15) is 0 Å². The molecule has 3 heteroatoms. The molecule has 1 heterocycles. The van der Waals surface area contributed by atoms with Gasteiger partial charge in [0, 0.05) is 16.6 Å². The molecule has 3 rings (SSSR count). The molecule has 0 aromatic heterocycles. The van der Waals surface area contributed by atoms with Crippen LogP contribution in [-0.4, -0.2) is 5.91 Å². The van der Waals surface area contributed by atoms with E-state index >= 15 is 0 Å². The van der Waals surface area contributed by atoms with Gasteiger partial charge < -0.3 is 5.32 Å². The number of benzene rings is 1. The van der Waals surface area contributed by atoms with Gasteiger partial charge in [-0.1, -0.05) is 28.4 Å². The minimum atomic E-state index is 0.169. The SMILES string of the molecule is O=C1CC(C2CCC2)c2ccc(Br)cc2N1. The molecule has 0 saturated heterocycles. The lowest BCUT2D eigenvalue weighted by Gasteiger charge is -2.37. The lowest BCUT2D eigenvalue weighted by atomic mass is 9.70. The molecule has 2 aliphatic rings. The molecule has 1 aromatic carbocycles. The summed E-state index contributed by atoms with van der Waals surface area (Å²) < 4.78 is 1.03. The quantitative estimate of drug-likeness (QED) is 0.835. The summed E-state index contributed by atoms with van der Waals surface area (Å²) in [6.07, 6.45) is 4.56. The third-order valence-electron chi connectivity index (χ3n) is 3.81. The zero-order chi connectivity index (χ0) is 11.1. The molecule has 0 radical (unpaired) electrons. The largest absolute Gasteiger partial charge is 0.326 e. The van der Waals surface area contributed by atoms with Gasteiger partial charge in [-0.25, -0.2) is 0 Å². The third-order valence-corrected chi connectivity index (χ3v) is 4.31. The number of nitrogens with one attached hydrogen (secondary N) is 1. The van der Waals surface area contributed by atoms with Crippen LogP contribution < -0.4 is 5.32 Å². The van der Waals surface area contributed by atoms with Crippen LogP contribution in [0.3, 0.4) is 0 Å². The van der Waals surface area contributed by atoms with Crippen LogP contribution in [0.5, 0.6) is 0 Å². The van der Waals surface area contributed by atoms with E-state index in [1.54, 1.807) is 0 Å². The highest BCUT2D eigenvalue weighted by molar-refractivity contribution is 9.10. The fourth-order valence-electron chi connectivity index (χ4n) is 2.73. The fourth-order valence-corrected chi connectivity index (χ4v) is 3.09. The van der Waals surface area contributed by atoms with Crippen LogP contribution in [0.15, 0.2) is 22.7 Å². The highest BCUT2D eigenvalue weighted by atomic mass is 79.9. The average molecular weight is 280 g/mol. The summed E-state index contributed by atoms with van der Waals surface area (Å²) >= 11 is 3.45. The van der Waals surface area contributed by atoms with Crippen molar-refractivity contribution in [2.24, 2.45) is 5.92 Å². The summed E-state index contributed by atoms with van der Waals surface area (Å²) in [6, 6.07) is 6.24. The zero-order valence-corrected chi connectivity index (χ0v) is 10.6. The van der Waals surface area contributed by atoms with E-state index in [1.165, 1.54) is 24.8 Å². The van der Waals surface area contributed by atoms with Gasteiger partial charge in [-0.2, -0.15) is 0 Å². The predicted molar refractivity (Wildman–Crippen MR) is 67.5 cm³/mol. The molecule has 1 fully saturated rings. The van der Waals surface area contributed by atoms with Crippen molar-refractivity contribution in [3.8, 4) is 0 Å². The number of rotatable bonds is 1. The second-order valence-electron chi connectivity index (χ2n) is 4.78. The van der Waals surface area contributed by atoms with Crippen molar-refractivity contribution in [3.63, 3.8) is 0 Å². The topological polar surface area (TPSA) is 29.1 Å². The number of hydrogen-bond donors (Lipinski definition) is 1. The van der Waals surface area contributed by atoms with E-state index in [2.05, 4.69) is 33.4 Å². The number of carbonyl (C=O) groups excluding carboxylic acids is 1. The molecule has 1 aliphatic carbocycles. The Morgan fingerprint density at radius 2 is 2.12 bits per heavy atom. The number of fused-ring (bicyclic) bond motifs is 1. The Morgan fingerprint density at radius 3 is 2.81 bits per heavy atom. The number of halogens is 1. The summed E-state index contributed by atoms with van der Waals surface area (Å²) in [5.41, 5.74) is 2.33. The van der Waals surface area contributed by atoms with Crippen molar-refractivity contribution < 1.29 is 4.79 Å². The molecule has 0 bridgehead atoms. The zero-order valence-electron chi connectivity index (χ0n) is 9.00. The molecule has 1 N–H and O–H groups in total. The second-order valence-corrected chi connectivity index (χ2v) is 5.70. The first-order chi connectivity index (χ1) is 7.74. The van der Waals surface area contributed by atoms with Crippen molar-refractivity contribution in [2.45, 2.75) is 31.6 Å². The van der Waals surface area contributed by atoms with Crippen LogP contribution in [0.25, 0.3) is 0 Å². The van der Waals surface area contributed by atoms with E-state index in [-0.39, 0.29) is 5.91 Å². The van der Waals surface area contributed by atoms with E-state index in [9.17, 15) is 4.79 Å². The fraction of sp³-hybridized carbons (Fsp3) is 0.462. The second kappa shape index (κ2) is 3.88. The molecular weight excluding hydrogens is 266 g/mol. The molecule has 2 nitrogen and oxygen atoms in total. The van der Waals surface area contributed by atoms with Crippen molar-refractivity contribution in [3.05, 3.63) is 28.2 Å². The van der Waals surface area contributed by atoms with E-state index in [1.807, 2.05) is 6.07 Å². The van der Waals surface area contributed by atoms with E-state index in [0.29, 0.717) is 12.3 Å². The van der Waals surface area contributed by atoms with Gasteiger partial charge in [0.25, 0.3) is 0 Å². The van der Waals surface area contributed by atoms with Crippen molar-refractivity contribution in [2.75, 3.05) is 5.32 Å². The minimum Gasteiger partial charge on any atom is -0.326 e. The standard InChI is InChI=1S/C13H14BrNO/c14-9-4-5-10-11(8-2-1-3-8)7-13(16)15-12(10)6-9/h4-6,8,11H,1-3,7H2,(H,15,16). The van der Waals surface area contributed by atoms with Gasteiger partial charge in [0.15, 0.2) is 0 Å². The maximum Gasteiger partial charge on any atom is 0.225 e. The number of anilines is 1. The van der Waals surface area contributed by atoms with Gasteiger partial charge in [-0.15, -0.1) is 0 Å². The molecule has 16 heavy (non-hydrogen) atoms. The number of carbonyl (C=O) groups is 1. The Balaban J connectivity index is 2.00. The third kappa shape index (κ3) is 1.67. The summed E-state index contributed by atoms with van der Waals surface area (Å²) in [6.45, 7) is 0. The average Bonchev–Trinajstić information content (AvgIpc) is 2.13. The first-order valence-corrected chi connectivity index (χ1v) is 6.62. The van der Waals surface area contributed by atoms with Crippen LogP contribution in [0, 0.1) is 5.92 Å². The predicted octanol–water partition coefficient (Wildman–Crippen LogP) is 3.68. The summed E-state index contributed by atoms with van der Waals surface area (Å²) in [5.74, 6) is 1.35. The molecule has 1 atom stereocenters. The molecule has 0 spiro atoms. The van der Waals surface area contributed by atoms with Crippen LogP contribution >= 0.6 is 15.9 Å². The Bertz CT molecular complexity index is 440. The molecule has 1 unspecified atom stereocenters. The Morgan fingerprint density at radius 1 is 1.31 bits per heavy atom. The highest BCUT2D eigenvalue weighted by Crippen LogP contribution is 2.45. The molecule has 1 aromatic rings. The smallest absolute Gasteiger partial charge is 0.225 e. The molecule has 84 valence electrons.